The summed E-state index contributed by atoms with van der Waals surface area (Å²) in [7, 11) is 6.24. The van der Waals surface area contributed by atoms with E-state index in [1.165, 1.54) is 14.2 Å². The average molecular weight is 468 g/mol. The van der Waals surface area contributed by atoms with E-state index in [0.717, 1.165) is 22.6 Å². The van der Waals surface area contributed by atoms with Crippen molar-refractivity contribution in [3.63, 3.8) is 0 Å². The summed E-state index contributed by atoms with van der Waals surface area (Å²) in [4.78, 5) is 22.3. The molecular weight excluding hydrogens is 438 g/mol. The normalized spacial score (nSPS) is 10.5. The van der Waals surface area contributed by atoms with Crippen molar-refractivity contribution in [3.8, 4) is 23.3 Å². The van der Waals surface area contributed by atoms with Gasteiger partial charge in [-0.2, -0.15) is 9.97 Å². The van der Waals surface area contributed by atoms with E-state index in [2.05, 4.69) is 9.97 Å². The first-order valence-electron chi connectivity index (χ1n) is 10.7. The van der Waals surface area contributed by atoms with Gasteiger partial charge in [-0.1, -0.05) is 24.3 Å². The van der Waals surface area contributed by atoms with Gasteiger partial charge in [-0.05, 0) is 41.8 Å². The lowest BCUT2D eigenvalue weighted by molar-refractivity contribution is -0.136. The minimum atomic E-state index is -0.922. The quantitative estimate of drug-likeness (QED) is 0.427. The summed E-state index contributed by atoms with van der Waals surface area (Å²) in [6.45, 7) is 1.02. The van der Waals surface area contributed by atoms with Crippen LogP contribution in [0.25, 0.3) is 0 Å². The van der Waals surface area contributed by atoms with E-state index in [1.54, 1.807) is 14.2 Å². The second-order valence-electron chi connectivity index (χ2n) is 7.47. The standard InChI is InChI=1S/C25H29N3O6/c1-31-19-9-5-17(6-10-19)15-28(16-18-7-11-20(32-2)12-8-18)25-26-23(33-3)21(13-14-22(29)30)24(27-25)34-4/h5-12H,13-16H2,1-4H3,(H,29,30). The number of rotatable bonds is 12. The van der Waals surface area contributed by atoms with Crippen molar-refractivity contribution in [1.82, 2.24) is 9.97 Å². The Hall–Kier alpha value is -4.01. The molecule has 0 saturated carbocycles. The number of benzene rings is 2. The molecular formula is C25H29N3O6. The highest BCUT2D eigenvalue weighted by Crippen LogP contribution is 2.30. The van der Waals surface area contributed by atoms with Gasteiger partial charge in [-0.15, -0.1) is 0 Å². The van der Waals surface area contributed by atoms with Crippen molar-refractivity contribution >= 4 is 11.9 Å². The molecule has 1 N–H and O–H groups in total. The number of carboxylic acids is 1. The van der Waals surface area contributed by atoms with Gasteiger partial charge in [0.2, 0.25) is 17.7 Å². The molecule has 0 atom stereocenters. The number of anilines is 1. The van der Waals surface area contributed by atoms with Crippen LogP contribution < -0.4 is 23.8 Å². The molecule has 1 heterocycles. The molecule has 0 aliphatic carbocycles. The number of hydrogen-bond donors (Lipinski definition) is 1. The third-order valence-corrected chi connectivity index (χ3v) is 5.24. The maximum Gasteiger partial charge on any atom is 0.303 e. The first-order valence-corrected chi connectivity index (χ1v) is 10.7. The van der Waals surface area contributed by atoms with Gasteiger partial charge in [0.1, 0.15) is 11.5 Å². The SMILES string of the molecule is COc1ccc(CN(Cc2ccc(OC)cc2)c2nc(OC)c(CCC(=O)O)c(OC)n2)cc1. The summed E-state index contributed by atoms with van der Waals surface area (Å²) in [5.41, 5.74) is 2.58. The number of aliphatic carboxylic acids is 1. The summed E-state index contributed by atoms with van der Waals surface area (Å²) in [5.74, 6) is 1.60. The molecule has 3 aromatic rings. The molecule has 9 nitrogen and oxygen atoms in total. The Labute approximate surface area is 198 Å². The van der Waals surface area contributed by atoms with Crippen molar-refractivity contribution in [1.29, 1.82) is 0 Å². The fraction of sp³-hybridized carbons (Fsp3) is 0.320. The lowest BCUT2D eigenvalue weighted by Crippen LogP contribution is -2.25. The zero-order chi connectivity index (χ0) is 24.5. The molecule has 34 heavy (non-hydrogen) atoms. The van der Waals surface area contributed by atoms with Crippen LogP contribution in [-0.2, 0) is 24.3 Å². The third-order valence-electron chi connectivity index (χ3n) is 5.24. The molecule has 0 aliphatic rings. The van der Waals surface area contributed by atoms with E-state index >= 15 is 0 Å². The highest BCUT2D eigenvalue weighted by molar-refractivity contribution is 5.67. The molecule has 0 fully saturated rings. The molecule has 0 saturated heterocycles. The molecule has 0 radical (unpaired) electrons. The van der Waals surface area contributed by atoms with Crippen LogP contribution in [0.5, 0.6) is 23.3 Å². The first-order chi connectivity index (χ1) is 16.5. The maximum absolute atomic E-state index is 11.1. The van der Waals surface area contributed by atoms with Gasteiger partial charge in [-0.3, -0.25) is 4.79 Å². The minimum absolute atomic E-state index is 0.0865. The minimum Gasteiger partial charge on any atom is -0.497 e. The Bertz CT molecular complexity index is 1010. The van der Waals surface area contributed by atoms with Gasteiger partial charge < -0.3 is 29.0 Å². The van der Waals surface area contributed by atoms with Crippen molar-refractivity contribution in [3.05, 3.63) is 65.2 Å². The molecule has 3 rings (SSSR count). The number of aromatic nitrogens is 2. The number of methoxy groups -OCH3 is 4. The zero-order valence-corrected chi connectivity index (χ0v) is 19.8. The number of carboxylic acid groups (broad SMARTS) is 1. The molecule has 0 amide bonds. The summed E-state index contributed by atoms with van der Waals surface area (Å²) < 4.78 is 21.5. The largest absolute Gasteiger partial charge is 0.497 e. The molecule has 0 bridgehead atoms. The van der Waals surface area contributed by atoms with Crippen LogP contribution in [0.3, 0.4) is 0 Å². The van der Waals surface area contributed by atoms with E-state index in [0.29, 0.717) is 24.6 Å². The molecule has 180 valence electrons. The van der Waals surface area contributed by atoms with Gasteiger partial charge in [0.25, 0.3) is 0 Å². The predicted molar refractivity (Wildman–Crippen MR) is 127 cm³/mol. The van der Waals surface area contributed by atoms with E-state index in [4.69, 9.17) is 24.1 Å². The van der Waals surface area contributed by atoms with Gasteiger partial charge >= 0.3 is 5.97 Å². The lowest BCUT2D eigenvalue weighted by atomic mass is 10.1. The van der Waals surface area contributed by atoms with Crippen LogP contribution in [0.2, 0.25) is 0 Å². The van der Waals surface area contributed by atoms with Crippen molar-refractivity contribution in [2.75, 3.05) is 33.3 Å². The van der Waals surface area contributed by atoms with E-state index in [1.807, 2.05) is 53.4 Å². The third kappa shape index (κ3) is 6.28. The second-order valence-corrected chi connectivity index (χ2v) is 7.47. The topological polar surface area (TPSA) is 103 Å². The van der Waals surface area contributed by atoms with E-state index in [9.17, 15) is 4.79 Å². The fourth-order valence-electron chi connectivity index (χ4n) is 3.46. The molecule has 0 unspecified atom stereocenters. The van der Waals surface area contributed by atoms with Crippen molar-refractivity contribution < 1.29 is 28.8 Å². The van der Waals surface area contributed by atoms with Crippen LogP contribution in [-0.4, -0.2) is 49.5 Å². The fourth-order valence-corrected chi connectivity index (χ4v) is 3.46. The van der Waals surface area contributed by atoms with Crippen LogP contribution in [0.15, 0.2) is 48.5 Å². The van der Waals surface area contributed by atoms with Crippen LogP contribution in [0.4, 0.5) is 5.95 Å². The Balaban J connectivity index is 1.99. The molecule has 0 aliphatic heterocycles. The Morgan fingerprint density at radius 1 is 0.765 bits per heavy atom. The summed E-state index contributed by atoms with van der Waals surface area (Å²) in [6, 6.07) is 15.5. The van der Waals surface area contributed by atoms with Crippen LogP contribution >= 0.6 is 0 Å². The van der Waals surface area contributed by atoms with E-state index in [-0.39, 0.29) is 24.6 Å². The summed E-state index contributed by atoms with van der Waals surface area (Å²) >= 11 is 0. The lowest BCUT2D eigenvalue weighted by Gasteiger charge is -2.25. The smallest absolute Gasteiger partial charge is 0.303 e. The highest BCUT2D eigenvalue weighted by atomic mass is 16.5. The Kier molecular flexibility index (Phi) is 8.50. The van der Waals surface area contributed by atoms with Gasteiger partial charge in [0.15, 0.2) is 0 Å². The van der Waals surface area contributed by atoms with Crippen molar-refractivity contribution in [2.24, 2.45) is 0 Å². The summed E-state index contributed by atoms with van der Waals surface area (Å²) in [5, 5.41) is 9.10. The van der Waals surface area contributed by atoms with Crippen LogP contribution in [0.1, 0.15) is 23.1 Å². The molecule has 9 heteroatoms. The van der Waals surface area contributed by atoms with Crippen molar-refractivity contribution in [2.45, 2.75) is 25.9 Å². The zero-order valence-electron chi connectivity index (χ0n) is 19.8. The molecule has 0 spiro atoms. The number of carbonyl (C=O) groups is 1. The van der Waals surface area contributed by atoms with E-state index < -0.39 is 5.97 Å². The summed E-state index contributed by atoms with van der Waals surface area (Å²) in [6.07, 6.45) is 0.107. The molecule has 2 aromatic carbocycles. The maximum atomic E-state index is 11.1. The number of hydrogen-bond acceptors (Lipinski definition) is 8. The molecule has 1 aromatic heterocycles. The highest BCUT2D eigenvalue weighted by Gasteiger charge is 2.21. The predicted octanol–water partition coefficient (Wildman–Crippen LogP) is 3.74. The monoisotopic (exact) mass is 467 g/mol. The first kappa shape index (κ1) is 24.6. The van der Waals surface area contributed by atoms with Gasteiger partial charge in [0.05, 0.1) is 34.0 Å². The van der Waals surface area contributed by atoms with Crippen LogP contribution in [0, 0.1) is 0 Å². The second kappa shape index (κ2) is 11.7. The van der Waals surface area contributed by atoms with Gasteiger partial charge in [-0.25, -0.2) is 0 Å². The number of ether oxygens (including phenoxy) is 4. The number of nitrogens with zero attached hydrogens (tertiary/aromatic N) is 3. The Morgan fingerprint density at radius 3 is 1.56 bits per heavy atom. The Morgan fingerprint density at radius 2 is 1.21 bits per heavy atom. The average Bonchev–Trinajstić information content (AvgIpc) is 2.87. The van der Waals surface area contributed by atoms with Gasteiger partial charge in [0, 0.05) is 19.5 Å².